The summed E-state index contributed by atoms with van der Waals surface area (Å²) in [7, 11) is 0. The van der Waals surface area contributed by atoms with Crippen molar-refractivity contribution in [2.24, 2.45) is 5.92 Å². The smallest absolute Gasteiger partial charge is 0.256 e. The molecule has 0 spiro atoms. The third-order valence-corrected chi connectivity index (χ3v) is 4.50. The lowest BCUT2D eigenvalue weighted by atomic mass is 9.90. The molecule has 3 rings (SSSR count). The molecule has 0 radical (unpaired) electrons. The number of amides is 1. The van der Waals surface area contributed by atoms with Gasteiger partial charge in [-0.1, -0.05) is 18.2 Å². The Hall–Kier alpha value is -2.30. The number of carbonyl (C=O) groups excluding carboxylic acids is 1. The number of nitrogens with zero attached hydrogens (tertiary/aromatic N) is 1. The molecule has 0 N–H and O–H groups in total. The standard InChI is InChI=1S/C19H18F3NO/c20-15-4-1-3-14(12-15)11-13-7-9-23(10-8-13)19(24)16-5-2-6-17(21)18(16)22/h1-6,12-13H,7-11H2. The van der Waals surface area contributed by atoms with E-state index < -0.39 is 17.5 Å². The van der Waals surface area contributed by atoms with Crippen molar-refractivity contribution in [2.45, 2.75) is 19.3 Å². The first-order valence-electron chi connectivity index (χ1n) is 8.02. The minimum atomic E-state index is -1.09. The molecule has 5 heteroatoms. The Kier molecular flexibility index (Phi) is 4.88. The van der Waals surface area contributed by atoms with Crippen molar-refractivity contribution in [2.75, 3.05) is 13.1 Å². The summed E-state index contributed by atoms with van der Waals surface area (Å²) in [6, 6.07) is 10.2. The number of rotatable bonds is 3. The summed E-state index contributed by atoms with van der Waals surface area (Å²) in [4.78, 5) is 13.9. The first kappa shape index (κ1) is 16.6. The van der Waals surface area contributed by atoms with Crippen LogP contribution >= 0.6 is 0 Å². The predicted molar refractivity (Wildman–Crippen MR) is 85.1 cm³/mol. The molecule has 1 fully saturated rings. The van der Waals surface area contributed by atoms with E-state index in [4.69, 9.17) is 0 Å². The SMILES string of the molecule is O=C(c1cccc(F)c1F)N1CCC(Cc2cccc(F)c2)CC1. The van der Waals surface area contributed by atoms with Crippen molar-refractivity contribution in [3.8, 4) is 0 Å². The van der Waals surface area contributed by atoms with Crippen LogP contribution in [-0.4, -0.2) is 23.9 Å². The maximum atomic E-state index is 13.8. The molecule has 2 nitrogen and oxygen atoms in total. The number of halogens is 3. The van der Waals surface area contributed by atoms with E-state index in [1.807, 2.05) is 6.07 Å². The van der Waals surface area contributed by atoms with Gasteiger partial charge in [0, 0.05) is 13.1 Å². The molecule has 0 aliphatic carbocycles. The highest BCUT2D eigenvalue weighted by Gasteiger charge is 2.26. The maximum absolute atomic E-state index is 13.8. The highest BCUT2D eigenvalue weighted by molar-refractivity contribution is 5.94. The summed E-state index contributed by atoms with van der Waals surface area (Å²) in [5.74, 6) is -2.47. The molecule has 2 aromatic carbocycles. The van der Waals surface area contributed by atoms with Crippen LogP contribution in [0.15, 0.2) is 42.5 Å². The number of likely N-dealkylation sites (tertiary alicyclic amines) is 1. The van der Waals surface area contributed by atoms with Gasteiger partial charge in [-0.2, -0.15) is 0 Å². The first-order chi connectivity index (χ1) is 11.5. The third-order valence-electron chi connectivity index (χ3n) is 4.50. The van der Waals surface area contributed by atoms with Crippen LogP contribution < -0.4 is 0 Å². The normalized spacial score (nSPS) is 15.5. The van der Waals surface area contributed by atoms with Crippen LogP contribution in [0.3, 0.4) is 0 Å². The second-order valence-corrected chi connectivity index (χ2v) is 6.17. The lowest BCUT2D eigenvalue weighted by molar-refractivity contribution is 0.0684. The second-order valence-electron chi connectivity index (χ2n) is 6.17. The van der Waals surface area contributed by atoms with Crippen molar-refractivity contribution >= 4 is 5.91 Å². The van der Waals surface area contributed by atoms with Gasteiger partial charge in [0.05, 0.1) is 5.56 Å². The van der Waals surface area contributed by atoms with Gasteiger partial charge in [0.2, 0.25) is 0 Å². The Bertz CT molecular complexity index is 739. The van der Waals surface area contributed by atoms with E-state index in [-0.39, 0.29) is 11.4 Å². The van der Waals surface area contributed by atoms with Gasteiger partial charge in [-0.05, 0) is 55.0 Å². The van der Waals surface area contributed by atoms with Crippen LogP contribution in [0.4, 0.5) is 13.2 Å². The van der Waals surface area contributed by atoms with Gasteiger partial charge in [-0.25, -0.2) is 13.2 Å². The van der Waals surface area contributed by atoms with E-state index in [9.17, 15) is 18.0 Å². The monoisotopic (exact) mass is 333 g/mol. The van der Waals surface area contributed by atoms with Gasteiger partial charge < -0.3 is 4.90 Å². The molecule has 0 bridgehead atoms. The van der Waals surface area contributed by atoms with Crippen LogP contribution in [0, 0.1) is 23.4 Å². The summed E-state index contributed by atoms with van der Waals surface area (Å²) in [5.41, 5.74) is 0.717. The zero-order valence-corrected chi connectivity index (χ0v) is 13.1. The fourth-order valence-electron chi connectivity index (χ4n) is 3.18. The van der Waals surface area contributed by atoms with E-state index in [1.54, 1.807) is 11.0 Å². The zero-order valence-electron chi connectivity index (χ0n) is 13.1. The zero-order chi connectivity index (χ0) is 17.1. The summed E-state index contributed by atoms with van der Waals surface area (Å²) < 4.78 is 40.2. The quantitative estimate of drug-likeness (QED) is 0.824. The Labute approximate surface area is 138 Å². The Morgan fingerprint density at radius 2 is 1.75 bits per heavy atom. The largest absolute Gasteiger partial charge is 0.339 e. The second kappa shape index (κ2) is 7.07. The van der Waals surface area contributed by atoms with Crippen LogP contribution in [0.5, 0.6) is 0 Å². The molecule has 24 heavy (non-hydrogen) atoms. The van der Waals surface area contributed by atoms with Crippen molar-refractivity contribution in [3.05, 3.63) is 71.0 Å². The fourth-order valence-corrected chi connectivity index (χ4v) is 3.18. The van der Waals surface area contributed by atoms with E-state index in [1.165, 1.54) is 24.3 Å². The van der Waals surface area contributed by atoms with Crippen LogP contribution in [0.2, 0.25) is 0 Å². The molecule has 1 aliphatic heterocycles. The van der Waals surface area contributed by atoms with E-state index in [0.717, 1.165) is 30.9 Å². The molecule has 1 saturated heterocycles. The van der Waals surface area contributed by atoms with Gasteiger partial charge in [0.15, 0.2) is 11.6 Å². The minimum absolute atomic E-state index is 0.224. The third kappa shape index (κ3) is 3.61. The molecule has 0 atom stereocenters. The van der Waals surface area contributed by atoms with Crippen molar-refractivity contribution in [3.63, 3.8) is 0 Å². The molecule has 126 valence electrons. The number of piperidine rings is 1. The van der Waals surface area contributed by atoms with Crippen molar-refractivity contribution < 1.29 is 18.0 Å². The number of benzene rings is 2. The summed E-state index contributed by atoms with van der Waals surface area (Å²) >= 11 is 0. The Balaban J connectivity index is 1.60. The Morgan fingerprint density at radius 3 is 2.46 bits per heavy atom. The molecule has 1 aliphatic rings. The molecular weight excluding hydrogens is 315 g/mol. The summed E-state index contributed by atoms with van der Waals surface area (Å²) in [6.07, 6.45) is 2.28. The van der Waals surface area contributed by atoms with Crippen molar-refractivity contribution in [1.82, 2.24) is 4.90 Å². The van der Waals surface area contributed by atoms with Gasteiger partial charge in [-0.3, -0.25) is 4.79 Å². The number of carbonyl (C=O) groups is 1. The molecule has 1 heterocycles. The molecular formula is C19H18F3NO. The predicted octanol–water partition coefficient (Wildman–Crippen LogP) is 4.20. The van der Waals surface area contributed by atoms with Crippen LogP contribution in [0.1, 0.15) is 28.8 Å². The minimum Gasteiger partial charge on any atom is -0.339 e. The topological polar surface area (TPSA) is 20.3 Å². The lowest BCUT2D eigenvalue weighted by Gasteiger charge is -2.32. The van der Waals surface area contributed by atoms with Gasteiger partial charge in [-0.15, -0.1) is 0 Å². The molecule has 0 saturated carbocycles. The maximum Gasteiger partial charge on any atom is 0.256 e. The number of hydrogen-bond donors (Lipinski definition) is 0. The van der Waals surface area contributed by atoms with Gasteiger partial charge in [0.1, 0.15) is 5.82 Å². The highest BCUT2D eigenvalue weighted by Crippen LogP contribution is 2.24. The number of hydrogen-bond acceptors (Lipinski definition) is 1. The van der Waals surface area contributed by atoms with Gasteiger partial charge >= 0.3 is 0 Å². The first-order valence-corrected chi connectivity index (χ1v) is 8.02. The van der Waals surface area contributed by atoms with Crippen molar-refractivity contribution in [1.29, 1.82) is 0 Å². The van der Waals surface area contributed by atoms with Gasteiger partial charge in [0.25, 0.3) is 5.91 Å². The van der Waals surface area contributed by atoms with Crippen LogP contribution in [-0.2, 0) is 6.42 Å². The lowest BCUT2D eigenvalue weighted by Crippen LogP contribution is -2.39. The van der Waals surface area contributed by atoms with E-state index in [0.29, 0.717) is 19.0 Å². The molecule has 0 aromatic heterocycles. The molecule has 1 amide bonds. The highest BCUT2D eigenvalue weighted by atomic mass is 19.2. The average Bonchev–Trinajstić information content (AvgIpc) is 2.57. The molecule has 0 unspecified atom stereocenters. The average molecular weight is 333 g/mol. The van der Waals surface area contributed by atoms with E-state index in [2.05, 4.69) is 0 Å². The van der Waals surface area contributed by atoms with E-state index >= 15 is 0 Å². The van der Waals surface area contributed by atoms with Crippen LogP contribution in [0.25, 0.3) is 0 Å². The summed E-state index contributed by atoms with van der Waals surface area (Å²) in [6.45, 7) is 0.990. The summed E-state index contributed by atoms with van der Waals surface area (Å²) in [5, 5.41) is 0. The Morgan fingerprint density at radius 1 is 1.04 bits per heavy atom. The fraction of sp³-hybridized carbons (Fsp3) is 0.316. The molecule has 2 aromatic rings.